The zero-order chi connectivity index (χ0) is 18.7. The molecular formula is C18H18ClFN2O3S. The Labute approximate surface area is 156 Å². The Bertz CT molecular complexity index is 903. The Balaban J connectivity index is 1.90. The van der Waals surface area contributed by atoms with E-state index in [-0.39, 0.29) is 35.8 Å². The molecule has 1 atom stereocenters. The standard InChI is InChI=1S/C18H18ClFN2O3S/c19-14-2-1-3-17(10-14)26(24,25)22(12-16-8-9-18(23)21-16)11-13-4-6-15(20)7-5-13/h1-7,10,16H,8-9,11-12H2,(H,21,23)/t16-/m0/s1. The van der Waals surface area contributed by atoms with Crippen LogP contribution < -0.4 is 5.32 Å². The largest absolute Gasteiger partial charge is 0.352 e. The van der Waals surface area contributed by atoms with E-state index in [9.17, 15) is 17.6 Å². The lowest BCUT2D eigenvalue weighted by molar-refractivity contribution is -0.119. The number of amides is 1. The molecule has 0 radical (unpaired) electrons. The number of carbonyl (C=O) groups is 1. The summed E-state index contributed by atoms with van der Waals surface area (Å²) in [6, 6.07) is 11.5. The van der Waals surface area contributed by atoms with Crippen molar-refractivity contribution in [2.24, 2.45) is 0 Å². The van der Waals surface area contributed by atoms with Gasteiger partial charge >= 0.3 is 0 Å². The number of hydrogen-bond donors (Lipinski definition) is 1. The first-order valence-electron chi connectivity index (χ1n) is 8.14. The first-order valence-corrected chi connectivity index (χ1v) is 9.96. The van der Waals surface area contributed by atoms with Crippen molar-refractivity contribution in [2.45, 2.75) is 30.3 Å². The minimum atomic E-state index is -3.83. The van der Waals surface area contributed by atoms with E-state index in [4.69, 9.17) is 11.6 Å². The second kappa shape index (κ2) is 7.73. The van der Waals surface area contributed by atoms with Gasteiger partial charge in [0.25, 0.3) is 0 Å². The molecule has 1 fully saturated rings. The molecule has 26 heavy (non-hydrogen) atoms. The summed E-state index contributed by atoms with van der Waals surface area (Å²) in [5.74, 6) is -0.474. The van der Waals surface area contributed by atoms with Gasteiger partial charge in [-0.15, -0.1) is 0 Å². The summed E-state index contributed by atoms with van der Waals surface area (Å²) in [4.78, 5) is 11.5. The number of benzene rings is 2. The van der Waals surface area contributed by atoms with E-state index in [1.807, 2.05) is 0 Å². The van der Waals surface area contributed by atoms with E-state index in [2.05, 4.69) is 5.32 Å². The van der Waals surface area contributed by atoms with E-state index >= 15 is 0 Å². The van der Waals surface area contributed by atoms with E-state index in [0.717, 1.165) is 0 Å². The Morgan fingerprint density at radius 1 is 1.19 bits per heavy atom. The SMILES string of the molecule is O=C1CC[C@@H](CN(Cc2ccc(F)cc2)S(=O)(=O)c2cccc(Cl)c2)N1. The van der Waals surface area contributed by atoms with Crippen molar-refractivity contribution in [1.82, 2.24) is 9.62 Å². The maximum absolute atomic E-state index is 13.1. The number of nitrogens with one attached hydrogen (secondary N) is 1. The summed E-state index contributed by atoms with van der Waals surface area (Å²) in [5, 5.41) is 3.10. The Hall–Kier alpha value is -1.96. The zero-order valence-electron chi connectivity index (χ0n) is 13.9. The number of rotatable bonds is 6. The fourth-order valence-corrected chi connectivity index (χ4v) is 4.65. The Morgan fingerprint density at radius 3 is 2.54 bits per heavy atom. The molecule has 2 aromatic carbocycles. The zero-order valence-corrected chi connectivity index (χ0v) is 15.4. The molecule has 1 aliphatic rings. The Morgan fingerprint density at radius 2 is 1.92 bits per heavy atom. The molecule has 1 N–H and O–H groups in total. The molecule has 138 valence electrons. The molecule has 0 aromatic heterocycles. The number of halogens is 2. The van der Waals surface area contributed by atoms with Crippen molar-refractivity contribution < 1.29 is 17.6 Å². The molecule has 2 aromatic rings. The van der Waals surface area contributed by atoms with Gasteiger partial charge in [0.1, 0.15) is 5.82 Å². The van der Waals surface area contributed by atoms with Crippen LogP contribution in [0.2, 0.25) is 5.02 Å². The van der Waals surface area contributed by atoms with Crippen LogP contribution in [0, 0.1) is 5.82 Å². The van der Waals surface area contributed by atoms with Gasteiger partial charge < -0.3 is 5.32 Å². The number of hydrogen-bond acceptors (Lipinski definition) is 3. The van der Waals surface area contributed by atoms with Crippen LogP contribution in [0.3, 0.4) is 0 Å². The van der Waals surface area contributed by atoms with Crippen molar-refractivity contribution in [2.75, 3.05) is 6.54 Å². The lowest BCUT2D eigenvalue weighted by atomic mass is 10.2. The van der Waals surface area contributed by atoms with Crippen LogP contribution in [-0.4, -0.2) is 31.2 Å². The predicted octanol–water partition coefficient (Wildman–Crippen LogP) is 2.95. The minimum Gasteiger partial charge on any atom is -0.352 e. The molecule has 0 saturated carbocycles. The van der Waals surface area contributed by atoms with Crippen LogP contribution in [0.5, 0.6) is 0 Å². The molecule has 1 saturated heterocycles. The van der Waals surface area contributed by atoms with Gasteiger partial charge in [0.2, 0.25) is 15.9 Å². The van der Waals surface area contributed by atoms with Gasteiger partial charge in [0, 0.05) is 30.6 Å². The predicted molar refractivity (Wildman–Crippen MR) is 96.6 cm³/mol. The second-order valence-corrected chi connectivity index (χ2v) is 8.56. The highest BCUT2D eigenvalue weighted by Gasteiger charge is 2.30. The van der Waals surface area contributed by atoms with Gasteiger partial charge in [0.05, 0.1) is 4.90 Å². The highest BCUT2D eigenvalue weighted by molar-refractivity contribution is 7.89. The highest BCUT2D eigenvalue weighted by Crippen LogP contribution is 2.23. The number of nitrogens with zero attached hydrogens (tertiary/aromatic N) is 1. The topological polar surface area (TPSA) is 66.5 Å². The molecule has 0 bridgehead atoms. The minimum absolute atomic E-state index is 0.0709. The van der Waals surface area contributed by atoms with E-state index in [1.165, 1.54) is 28.6 Å². The lowest BCUT2D eigenvalue weighted by Crippen LogP contribution is -2.41. The van der Waals surface area contributed by atoms with Crippen LogP contribution in [0.25, 0.3) is 0 Å². The number of sulfonamides is 1. The smallest absolute Gasteiger partial charge is 0.243 e. The van der Waals surface area contributed by atoms with Gasteiger partial charge in [-0.1, -0.05) is 29.8 Å². The summed E-state index contributed by atoms with van der Waals surface area (Å²) < 4.78 is 40.6. The molecule has 5 nitrogen and oxygen atoms in total. The van der Waals surface area contributed by atoms with Crippen molar-refractivity contribution >= 4 is 27.5 Å². The van der Waals surface area contributed by atoms with Crippen molar-refractivity contribution in [3.8, 4) is 0 Å². The molecule has 0 aliphatic carbocycles. The van der Waals surface area contributed by atoms with Gasteiger partial charge in [-0.25, -0.2) is 12.8 Å². The van der Waals surface area contributed by atoms with E-state index in [0.29, 0.717) is 23.4 Å². The molecule has 1 aliphatic heterocycles. The monoisotopic (exact) mass is 396 g/mol. The summed E-state index contributed by atoms with van der Waals surface area (Å²) in [7, 11) is -3.83. The lowest BCUT2D eigenvalue weighted by Gasteiger charge is -2.25. The first-order chi connectivity index (χ1) is 12.3. The fourth-order valence-electron chi connectivity index (χ4n) is 2.88. The summed E-state index contributed by atoms with van der Waals surface area (Å²) >= 11 is 5.94. The summed E-state index contributed by atoms with van der Waals surface area (Å²) in [6.45, 7) is 0.208. The third-order valence-corrected chi connectivity index (χ3v) is 6.26. The van der Waals surface area contributed by atoms with Crippen molar-refractivity contribution in [1.29, 1.82) is 0 Å². The van der Waals surface area contributed by atoms with Crippen LogP contribution in [0.4, 0.5) is 4.39 Å². The fraction of sp³-hybridized carbons (Fsp3) is 0.278. The molecular weight excluding hydrogens is 379 g/mol. The summed E-state index contributed by atoms with van der Waals surface area (Å²) in [6.07, 6.45) is 0.954. The average Bonchev–Trinajstić information content (AvgIpc) is 3.01. The summed E-state index contributed by atoms with van der Waals surface area (Å²) in [5.41, 5.74) is 0.654. The van der Waals surface area contributed by atoms with E-state index in [1.54, 1.807) is 24.3 Å². The Kier molecular flexibility index (Phi) is 5.60. The quantitative estimate of drug-likeness (QED) is 0.816. The molecule has 8 heteroatoms. The van der Waals surface area contributed by atoms with Crippen LogP contribution in [0.15, 0.2) is 53.4 Å². The van der Waals surface area contributed by atoms with Crippen molar-refractivity contribution in [3.63, 3.8) is 0 Å². The van der Waals surface area contributed by atoms with Gasteiger partial charge in [-0.2, -0.15) is 4.31 Å². The van der Waals surface area contributed by atoms with Gasteiger partial charge in [-0.3, -0.25) is 4.79 Å². The maximum atomic E-state index is 13.1. The molecule has 1 heterocycles. The van der Waals surface area contributed by atoms with Gasteiger partial charge in [0.15, 0.2) is 0 Å². The normalized spacial score (nSPS) is 17.5. The number of carbonyl (C=O) groups excluding carboxylic acids is 1. The highest BCUT2D eigenvalue weighted by atomic mass is 35.5. The van der Waals surface area contributed by atoms with Gasteiger partial charge in [-0.05, 0) is 42.3 Å². The third kappa shape index (κ3) is 4.41. The second-order valence-electron chi connectivity index (χ2n) is 6.18. The van der Waals surface area contributed by atoms with E-state index < -0.39 is 10.0 Å². The molecule has 1 amide bonds. The van der Waals surface area contributed by atoms with Crippen LogP contribution >= 0.6 is 11.6 Å². The third-order valence-electron chi connectivity index (χ3n) is 4.22. The van der Waals surface area contributed by atoms with Crippen molar-refractivity contribution in [3.05, 3.63) is 64.9 Å². The molecule has 0 unspecified atom stereocenters. The maximum Gasteiger partial charge on any atom is 0.243 e. The molecule has 0 spiro atoms. The van der Waals surface area contributed by atoms with Crippen LogP contribution in [0.1, 0.15) is 18.4 Å². The van der Waals surface area contributed by atoms with Crippen LogP contribution in [-0.2, 0) is 21.4 Å². The molecule has 3 rings (SSSR count). The first kappa shape index (κ1) is 18.8. The average molecular weight is 397 g/mol.